The average molecular weight is 378 g/mol. The number of hydrogen-bond acceptors (Lipinski definition) is 4. The second-order valence-electron chi connectivity index (χ2n) is 6.95. The van der Waals surface area contributed by atoms with Gasteiger partial charge < -0.3 is 10.4 Å². The minimum absolute atomic E-state index is 0.0792. The van der Waals surface area contributed by atoms with Crippen LogP contribution in [-0.2, 0) is 17.8 Å². The summed E-state index contributed by atoms with van der Waals surface area (Å²) in [6.45, 7) is 4.67. The lowest BCUT2D eigenvalue weighted by molar-refractivity contribution is -0.137. The van der Waals surface area contributed by atoms with Crippen molar-refractivity contribution in [1.82, 2.24) is 20.1 Å². The third-order valence-corrected chi connectivity index (χ3v) is 4.91. The molecule has 0 amide bonds. The Morgan fingerprint density at radius 1 is 1.14 bits per heavy atom. The first-order valence-electron chi connectivity index (χ1n) is 9.50. The number of rotatable bonds is 9. The van der Waals surface area contributed by atoms with E-state index in [4.69, 9.17) is 5.11 Å². The summed E-state index contributed by atoms with van der Waals surface area (Å²) < 4.78 is 1.86. The molecule has 1 atom stereocenters. The molecule has 2 heterocycles. The van der Waals surface area contributed by atoms with Gasteiger partial charge in [-0.15, -0.1) is 0 Å². The number of hydrogen-bond donors (Lipinski definition) is 2. The summed E-state index contributed by atoms with van der Waals surface area (Å²) in [4.78, 5) is 15.4. The Morgan fingerprint density at radius 3 is 2.57 bits per heavy atom. The number of pyridine rings is 1. The molecule has 0 bridgehead atoms. The molecule has 6 heteroatoms. The van der Waals surface area contributed by atoms with E-state index in [-0.39, 0.29) is 12.5 Å². The van der Waals surface area contributed by atoms with Crippen molar-refractivity contribution in [2.75, 3.05) is 0 Å². The van der Waals surface area contributed by atoms with Gasteiger partial charge in [-0.25, -0.2) is 9.67 Å². The molecule has 0 saturated heterocycles. The number of nitrogens with one attached hydrogen (secondary N) is 1. The van der Waals surface area contributed by atoms with Gasteiger partial charge in [0.25, 0.3) is 0 Å². The predicted octanol–water partition coefficient (Wildman–Crippen LogP) is 3.45. The van der Waals surface area contributed by atoms with Gasteiger partial charge in [0.15, 0.2) is 5.82 Å². The summed E-state index contributed by atoms with van der Waals surface area (Å²) in [6, 6.07) is 16.0. The van der Waals surface area contributed by atoms with E-state index >= 15 is 0 Å². The molecule has 28 heavy (non-hydrogen) atoms. The van der Waals surface area contributed by atoms with Crippen LogP contribution in [0, 0.1) is 13.8 Å². The smallest absolute Gasteiger partial charge is 0.303 e. The maximum absolute atomic E-state index is 11.1. The molecule has 2 N–H and O–H groups in total. The number of carbonyl (C=O) groups is 1. The van der Waals surface area contributed by atoms with Gasteiger partial charge in [-0.2, -0.15) is 5.10 Å². The van der Waals surface area contributed by atoms with E-state index in [9.17, 15) is 4.79 Å². The number of aliphatic carboxylic acids is 1. The molecular weight excluding hydrogens is 352 g/mol. The molecule has 2 aromatic heterocycles. The minimum atomic E-state index is -0.768. The van der Waals surface area contributed by atoms with Gasteiger partial charge in [0, 0.05) is 36.5 Å². The lowest BCUT2D eigenvalue weighted by Gasteiger charge is -2.18. The number of nitrogens with zero attached hydrogens (tertiary/aromatic N) is 3. The molecule has 0 aliphatic rings. The van der Waals surface area contributed by atoms with Gasteiger partial charge in [-0.1, -0.05) is 36.4 Å². The summed E-state index contributed by atoms with van der Waals surface area (Å²) >= 11 is 0. The van der Waals surface area contributed by atoms with Gasteiger partial charge in [-0.05, 0) is 44.4 Å². The summed E-state index contributed by atoms with van der Waals surface area (Å²) in [6.07, 6.45) is 3.28. The summed E-state index contributed by atoms with van der Waals surface area (Å²) in [7, 11) is 0. The van der Waals surface area contributed by atoms with Crippen LogP contribution in [0.1, 0.15) is 35.4 Å². The quantitative estimate of drug-likeness (QED) is 0.596. The van der Waals surface area contributed by atoms with Crippen molar-refractivity contribution in [3.63, 3.8) is 0 Å². The molecule has 0 fully saturated rings. The summed E-state index contributed by atoms with van der Waals surface area (Å²) in [5.41, 5.74) is 4.31. The van der Waals surface area contributed by atoms with E-state index in [2.05, 4.69) is 27.5 Å². The van der Waals surface area contributed by atoms with Gasteiger partial charge in [0.05, 0.1) is 5.69 Å². The van der Waals surface area contributed by atoms with Crippen molar-refractivity contribution in [2.24, 2.45) is 0 Å². The van der Waals surface area contributed by atoms with Gasteiger partial charge in [0.2, 0.25) is 0 Å². The molecule has 3 rings (SSSR count). The molecule has 1 aromatic carbocycles. The number of carboxylic acid groups (broad SMARTS) is 1. The Kier molecular flexibility index (Phi) is 6.55. The van der Waals surface area contributed by atoms with Gasteiger partial charge in [-0.3, -0.25) is 4.79 Å². The zero-order valence-electron chi connectivity index (χ0n) is 16.3. The molecule has 146 valence electrons. The van der Waals surface area contributed by atoms with Gasteiger partial charge in [0.1, 0.15) is 0 Å². The normalized spacial score (nSPS) is 12.1. The van der Waals surface area contributed by atoms with Crippen LogP contribution >= 0.6 is 0 Å². The standard InChI is InChI=1S/C22H26N4O2/c1-16-20(17(2)26(25-16)21-10-6-7-13-23-21)15-24-19(11-12-22(27)28)14-18-8-4-3-5-9-18/h3-10,13,19,24H,11-12,14-15H2,1-2H3,(H,27,28). The van der Waals surface area contributed by atoms with E-state index in [0.29, 0.717) is 13.0 Å². The summed E-state index contributed by atoms with van der Waals surface area (Å²) in [5, 5.41) is 17.3. The van der Waals surface area contributed by atoms with Crippen molar-refractivity contribution in [3.05, 3.63) is 77.2 Å². The number of aromatic nitrogens is 3. The SMILES string of the molecule is Cc1nn(-c2ccccn2)c(C)c1CNC(CCC(=O)O)Cc1ccccc1. The maximum Gasteiger partial charge on any atom is 0.303 e. The molecule has 1 unspecified atom stereocenters. The zero-order valence-corrected chi connectivity index (χ0v) is 16.3. The molecule has 0 aliphatic heterocycles. The van der Waals surface area contributed by atoms with E-state index in [1.807, 2.05) is 54.9 Å². The molecule has 0 radical (unpaired) electrons. The van der Waals surface area contributed by atoms with E-state index in [1.54, 1.807) is 6.20 Å². The van der Waals surface area contributed by atoms with Gasteiger partial charge >= 0.3 is 5.97 Å². The Labute approximate surface area is 165 Å². The predicted molar refractivity (Wildman–Crippen MR) is 108 cm³/mol. The highest BCUT2D eigenvalue weighted by molar-refractivity contribution is 5.66. The first-order valence-corrected chi connectivity index (χ1v) is 9.50. The maximum atomic E-state index is 11.1. The number of aryl methyl sites for hydroxylation is 1. The molecule has 6 nitrogen and oxygen atoms in total. The van der Waals surface area contributed by atoms with Crippen LogP contribution in [0.25, 0.3) is 5.82 Å². The average Bonchev–Trinajstić information content (AvgIpc) is 2.99. The van der Waals surface area contributed by atoms with Crippen LogP contribution in [0.4, 0.5) is 0 Å². The fourth-order valence-electron chi connectivity index (χ4n) is 3.35. The van der Waals surface area contributed by atoms with Crippen molar-refractivity contribution in [1.29, 1.82) is 0 Å². The third-order valence-electron chi connectivity index (χ3n) is 4.91. The highest BCUT2D eigenvalue weighted by atomic mass is 16.4. The monoisotopic (exact) mass is 378 g/mol. The Morgan fingerprint density at radius 2 is 1.89 bits per heavy atom. The first kappa shape index (κ1) is 19.8. The van der Waals surface area contributed by atoms with Crippen molar-refractivity contribution in [3.8, 4) is 5.82 Å². The fourth-order valence-corrected chi connectivity index (χ4v) is 3.35. The second kappa shape index (κ2) is 9.28. The first-order chi connectivity index (χ1) is 13.5. The number of carboxylic acids is 1. The van der Waals surface area contributed by atoms with E-state index in [0.717, 1.165) is 29.2 Å². The third kappa shape index (κ3) is 5.04. The van der Waals surface area contributed by atoms with Crippen molar-refractivity contribution < 1.29 is 9.90 Å². The van der Waals surface area contributed by atoms with Crippen LogP contribution < -0.4 is 5.32 Å². The Bertz CT molecular complexity index is 907. The van der Waals surface area contributed by atoms with Crippen LogP contribution in [0.5, 0.6) is 0 Å². The van der Waals surface area contributed by atoms with Crippen molar-refractivity contribution in [2.45, 2.75) is 45.7 Å². The largest absolute Gasteiger partial charge is 0.481 e. The molecule has 0 saturated carbocycles. The van der Waals surface area contributed by atoms with E-state index < -0.39 is 5.97 Å². The minimum Gasteiger partial charge on any atom is -0.481 e. The molecule has 3 aromatic rings. The highest BCUT2D eigenvalue weighted by Crippen LogP contribution is 2.17. The lowest BCUT2D eigenvalue weighted by Crippen LogP contribution is -2.31. The fraction of sp³-hybridized carbons (Fsp3) is 0.318. The van der Waals surface area contributed by atoms with Crippen molar-refractivity contribution >= 4 is 5.97 Å². The lowest BCUT2D eigenvalue weighted by atomic mass is 10.0. The zero-order chi connectivity index (χ0) is 19.9. The second-order valence-corrected chi connectivity index (χ2v) is 6.95. The van der Waals surface area contributed by atoms with Crippen LogP contribution in [0.2, 0.25) is 0 Å². The Hall–Kier alpha value is -2.99. The molecule has 0 aliphatic carbocycles. The molecular formula is C22H26N4O2. The number of benzene rings is 1. The highest BCUT2D eigenvalue weighted by Gasteiger charge is 2.16. The van der Waals surface area contributed by atoms with E-state index in [1.165, 1.54) is 5.56 Å². The topological polar surface area (TPSA) is 80.0 Å². The van der Waals surface area contributed by atoms with Crippen LogP contribution in [-0.4, -0.2) is 31.9 Å². The van der Waals surface area contributed by atoms with Crippen LogP contribution in [0.15, 0.2) is 54.7 Å². The van der Waals surface area contributed by atoms with Crippen LogP contribution in [0.3, 0.4) is 0 Å². The Balaban J connectivity index is 1.73. The summed E-state index contributed by atoms with van der Waals surface area (Å²) in [5.74, 6) is 0.0243. The molecule has 0 spiro atoms.